The summed E-state index contributed by atoms with van der Waals surface area (Å²) in [7, 11) is 1.33. The Kier molecular flexibility index (Phi) is 4.54. The van der Waals surface area contributed by atoms with E-state index >= 15 is 0 Å². The predicted molar refractivity (Wildman–Crippen MR) is 76.7 cm³/mol. The molecule has 20 heavy (non-hydrogen) atoms. The van der Waals surface area contributed by atoms with Crippen LogP contribution in [0, 0.1) is 6.92 Å². The lowest BCUT2D eigenvalue weighted by Crippen LogP contribution is -2.49. The second-order valence-electron chi connectivity index (χ2n) is 5.26. The first-order valence-electron chi connectivity index (χ1n) is 6.99. The van der Waals surface area contributed by atoms with Gasteiger partial charge in [-0.1, -0.05) is 0 Å². The Bertz CT molecular complexity index is 492. The Morgan fingerprint density at radius 3 is 2.90 bits per heavy atom. The molecular weight excluding hydrogens is 256 g/mol. The van der Waals surface area contributed by atoms with E-state index in [0.29, 0.717) is 12.6 Å². The van der Waals surface area contributed by atoms with Crippen LogP contribution in [0.3, 0.4) is 0 Å². The maximum absolute atomic E-state index is 11.6. The lowest BCUT2D eigenvalue weighted by Gasteiger charge is -2.41. The third kappa shape index (κ3) is 2.90. The normalized spacial score (nSPS) is 22.7. The number of hydrogen-bond acceptors (Lipinski definition) is 6. The number of nitrogens with two attached hydrogens (primary N) is 1. The number of carbonyl (C=O) groups excluding carboxylic acids is 1. The monoisotopic (exact) mass is 278 g/mol. The van der Waals surface area contributed by atoms with Crippen molar-refractivity contribution in [3.05, 3.63) is 17.6 Å². The van der Waals surface area contributed by atoms with Crippen molar-refractivity contribution in [2.45, 2.75) is 45.2 Å². The quantitative estimate of drug-likeness (QED) is 0.839. The largest absolute Gasteiger partial charge is 0.463 e. The van der Waals surface area contributed by atoms with Crippen molar-refractivity contribution < 1.29 is 9.53 Å². The SMILES string of the molecule is COC(=O)c1nc(C)cc(N2C(C)CCCC2CN)n1. The van der Waals surface area contributed by atoms with Crippen LogP contribution < -0.4 is 10.6 Å². The number of rotatable bonds is 3. The van der Waals surface area contributed by atoms with E-state index in [1.807, 2.05) is 13.0 Å². The van der Waals surface area contributed by atoms with Gasteiger partial charge in [-0.15, -0.1) is 0 Å². The molecule has 6 heteroatoms. The number of methoxy groups -OCH3 is 1. The lowest BCUT2D eigenvalue weighted by atomic mass is 9.96. The number of piperidine rings is 1. The molecule has 2 heterocycles. The van der Waals surface area contributed by atoms with Crippen LogP contribution in [0.5, 0.6) is 0 Å². The first-order valence-corrected chi connectivity index (χ1v) is 6.99. The highest BCUT2D eigenvalue weighted by Crippen LogP contribution is 2.27. The predicted octanol–water partition coefficient (Wildman–Crippen LogP) is 1.28. The fraction of sp³-hybridized carbons (Fsp3) is 0.643. The van der Waals surface area contributed by atoms with Gasteiger partial charge < -0.3 is 15.4 Å². The molecule has 1 aromatic rings. The van der Waals surface area contributed by atoms with E-state index in [1.165, 1.54) is 13.5 Å². The summed E-state index contributed by atoms with van der Waals surface area (Å²) in [5.41, 5.74) is 6.63. The number of anilines is 1. The second-order valence-corrected chi connectivity index (χ2v) is 5.26. The molecule has 0 bridgehead atoms. The molecule has 2 atom stereocenters. The van der Waals surface area contributed by atoms with E-state index in [9.17, 15) is 4.79 Å². The molecule has 110 valence electrons. The molecule has 1 fully saturated rings. The summed E-state index contributed by atoms with van der Waals surface area (Å²) >= 11 is 0. The van der Waals surface area contributed by atoms with Crippen molar-refractivity contribution in [3.8, 4) is 0 Å². The average molecular weight is 278 g/mol. The summed E-state index contributed by atoms with van der Waals surface area (Å²) in [6, 6.07) is 2.52. The summed E-state index contributed by atoms with van der Waals surface area (Å²) in [4.78, 5) is 22.3. The summed E-state index contributed by atoms with van der Waals surface area (Å²) in [5, 5.41) is 0. The van der Waals surface area contributed by atoms with E-state index in [4.69, 9.17) is 10.5 Å². The van der Waals surface area contributed by atoms with Crippen molar-refractivity contribution in [2.24, 2.45) is 5.73 Å². The molecule has 6 nitrogen and oxygen atoms in total. The van der Waals surface area contributed by atoms with Gasteiger partial charge in [0.1, 0.15) is 5.82 Å². The average Bonchev–Trinajstić information content (AvgIpc) is 2.45. The molecular formula is C14H22N4O2. The van der Waals surface area contributed by atoms with Gasteiger partial charge in [0, 0.05) is 30.4 Å². The van der Waals surface area contributed by atoms with E-state index in [2.05, 4.69) is 21.8 Å². The minimum absolute atomic E-state index is 0.107. The third-order valence-corrected chi connectivity index (χ3v) is 3.77. The molecule has 2 N–H and O–H groups in total. The maximum Gasteiger partial charge on any atom is 0.376 e. The fourth-order valence-electron chi connectivity index (χ4n) is 2.80. The molecule has 1 aliphatic rings. The van der Waals surface area contributed by atoms with Gasteiger partial charge in [0.25, 0.3) is 0 Å². The number of aromatic nitrogens is 2. The Morgan fingerprint density at radius 1 is 1.50 bits per heavy atom. The molecule has 0 spiro atoms. The van der Waals surface area contributed by atoms with Crippen LogP contribution in [0.25, 0.3) is 0 Å². The van der Waals surface area contributed by atoms with Gasteiger partial charge in [-0.25, -0.2) is 14.8 Å². The van der Waals surface area contributed by atoms with Gasteiger partial charge in [-0.3, -0.25) is 0 Å². The molecule has 1 saturated heterocycles. The summed E-state index contributed by atoms with van der Waals surface area (Å²) in [6.45, 7) is 4.60. The minimum atomic E-state index is -0.510. The number of nitrogens with zero attached hydrogens (tertiary/aromatic N) is 3. The zero-order chi connectivity index (χ0) is 14.7. The maximum atomic E-state index is 11.6. The van der Waals surface area contributed by atoms with Crippen molar-refractivity contribution in [3.63, 3.8) is 0 Å². The summed E-state index contributed by atoms with van der Waals surface area (Å²) in [5.74, 6) is 0.362. The van der Waals surface area contributed by atoms with Crippen LogP contribution in [-0.2, 0) is 4.74 Å². The molecule has 2 unspecified atom stereocenters. The highest BCUT2D eigenvalue weighted by atomic mass is 16.5. The number of ether oxygens (including phenoxy) is 1. The topological polar surface area (TPSA) is 81.3 Å². The molecule has 0 saturated carbocycles. The van der Waals surface area contributed by atoms with Gasteiger partial charge in [0.15, 0.2) is 0 Å². The third-order valence-electron chi connectivity index (χ3n) is 3.77. The van der Waals surface area contributed by atoms with Crippen molar-refractivity contribution in [1.82, 2.24) is 9.97 Å². The smallest absolute Gasteiger partial charge is 0.376 e. The molecule has 0 aliphatic carbocycles. The van der Waals surface area contributed by atoms with Crippen LogP contribution in [0.4, 0.5) is 5.82 Å². The first kappa shape index (κ1) is 14.7. The van der Waals surface area contributed by atoms with Gasteiger partial charge in [-0.2, -0.15) is 0 Å². The molecule has 0 radical (unpaired) electrons. The van der Waals surface area contributed by atoms with Crippen LogP contribution in [0.15, 0.2) is 6.07 Å². The van der Waals surface area contributed by atoms with Crippen molar-refractivity contribution >= 4 is 11.8 Å². The van der Waals surface area contributed by atoms with Gasteiger partial charge >= 0.3 is 5.97 Å². The van der Waals surface area contributed by atoms with Crippen LogP contribution in [0.2, 0.25) is 0 Å². The number of esters is 1. The second kappa shape index (κ2) is 6.17. The number of carbonyl (C=O) groups is 1. The molecule has 0 amide bonds. The Morgan fingerprint density at radius 2 is 2.25 bits per heavy atom. The fourth-order valence-corrected chi connectivity index (χ4v) is 2.80. The number of aryl methyl sites for hydroxylation is 1. The van der Waals surface area contributed by atoms with Gasteiger partial charge in [-0.05, 0) is 33.1 Å². The highest BCUT2D eigenvalue weighted by Gasteiger charge is 2.29. The van der Waals surface area contributed by atoms with Crippen molar-refractivity contribution in [2.75, 3.05) is 18.6 Å². The Hall–Kier alpha value is -1.69. The van der Waals surface area contributed by atoms with E-state index in [-0.39, 0.29) is 11.9 Å². The first-order chi connectivity index (χ1) is 9.56. The van der Waals surface area contributed by atoms with Crippen molar-refractivity contribution in [1.29, 1.82) is 0 Å². The van der Waals surface area contributed by atoms with E-state index in [1.54, 1.807) is 0 Å². The van der Waals surface area contributed by atoms with Crippen LogP contribution in [-0.4, -0.2) is 41.7 Å². The summed E-state index contributed by atoms with van der Waals surface area (Å²) in [6.07, 6.45) is 3.33. The summed E-state index contributed by atoms with van der Waals surface area (Å²) < 4.78 is 4.71. The lowest BCUT2D eigenvalue weighted by molar-refractivity contribution is 0.0586. The van der Waals surface area contributed by atoms with Crippen LogP contribution in [0.1, 0.15) is 42.5 Å². The molecule has 0 aromatic carbocycles. The standard InChI is InChI=1S/C14H22N4O2/c1-9-7-12(17-13(16-9)14(19)20-3)18-10(2)5-4-6-11(18)8-15/h7,10-11H,4-6,8,15H2,1-3H3. The zero-order valence-electron chi connectivity index (χ0n) is 12.3. The molecule has 2 rings (SSSR count). The zero-order valence-corrected chi connectivity index (χ0v) is 12.3. The minimum Gasteiger partial charge on any atom is -0.463 e. The molecule has 1 aromatic heterocycles. The van der Waals surface area contributed by atoms with E-state index in [0.717, 1.165) is 24.4 Å². The van der Waals surface area contributed by atoms with E-state index < -0.39 is 5.97 Å². The Labute approximate surface area is 119 Å². The van der Waals surface area contributed by atoms with Gasteiger partial charge in [0.05, 0.1) is 7.11 Å². The van der Waals surface area contributed by atoms with Gasteiger partial charge in [0.2, 0.25) is 5.82 Å². The molecule has 1 aliphatic heterocycles. The van der Waals surface area contributed by atoms with Crippen LogP contribution >= 0.6 is 0 Å². The Balaban J connectivity index is 2.39. The highest BCUT2D eigenvalue weighted by molar-refractivity contribution is 5.85. The number of hydrogen-bond donors (Lipinski definition) is 1.